The molecule has 0 aliphatic rings. The molecule has 0 radical (unpaired) electrons. The van der Waals surface area contributed by atoms with Gasteiger partial charge in [-0.1, -0.05) is 24.2 Å². The fraction of sp³-hybridized carbons (Fsp3) is 0.292. The molecule has 0 aliphatic heterocycles. The maximum Gasteiger partial charge on any atom is 0.416 e. The molecule has 1 amide bonds. The molecule has 3 aromatic rings. The van der Waals surface area contributed by atoms with Gasteiger partial charge >= 0.3 is 6.18 Å². The summed E-state index contributed by atoms with van der Waals surface area (Å²) in [5.74, 6) is 0.794. The van der Waals surface area contributed by atoms with Crippen molar-refractivity contribution in [2.75, 3.05) is 11.9 Å². The van der Waals surface area contributed by atoms with Gasteiger partial charge in [0.05, 0.1) is 17.0 Å². The average Bonchev–Trinajstić information content (AvgIpc) is 3.12. The second-order valence-corrected chi connectivity index (χ2v) is 7.52. The van der Waals surface area contributed by atoms with Crippen molar-refractivity contribution in [1.82, 2.24) is 9.78 Å². The third-order valence-corrected chi connectivity index (χ3v) is 4.85. The number of carbonyl (C=O) groups is 1. The van der Waals surface area contributed by atoms with E-state index in [1.165, 1.54) is 12.1 Å². The number of hydrogen-bond acceptors (Lipinski definition) is 5. The summed E-state index contributed by atoms with van der Waals surface area (Å²) in [6, 6.07) is 13.5. The van der Waals surface area contributed by atoms with Gasteiger partial charge in [0.1, 0.15) is 18.2 Å². The molecule has 0 unspecified atom stereocenters. The van der Waals surface area contributed by atoms with Gasteiger partial charge in [-0.2, -0.15) is 18.3 Å². The molecular weight excluding hydrogens is 449 g/mol. The van der Waals surface area contributed by atoms with Crippen LogP contribution in [0.5, 0.6) is 5.75 Å². The zero-order chi connectivity index (χ0) is 24.7. The van der Waals surface area contributed by atoms with Crippen molar-refractivity contribution in [3.8, 4) is 5.75 Å². The number of nitrogens with one attached hydrogen (secondary N) is 1. The van der Waals surface area contributed by atoms with Crippen LogP contribution in [0.1, 0.15) is 35.7 Å². The first-order chi connectivity index (χ1) is 16.2. The molecule has 180 valence electrons. The van der Waals surface area contributed by atoms with Crippen LogP contribution in [-0.4, -0.2) is 28.0 Å². The summed E-state index contributed by atoms with van der Waals surface area (Å²) in [4.78, 5) is 17.4. The van der Waals surface area contributed by atoms with Gasteiger partial charge in [-0.3, -0.25) is 9.48 Å². The Bertz CT molecular complexity index is 1140. The Morgan fingerprint density at radius 2 is 1.79 bits per heavy atom. The molecule has 0 bridgehead atoms. The van der Waals surface area contributed by atoms with Gasteiger partial charge in [0, 0.05) is 13.1 Å². The topological polar surface area (TPSA) is 77.7 Å². The Morgan fingerprint density at radius 3 is 2.35 bits per heavy atom. The predicted molar refractivity (Wildman–Crippen MR) is 122 cm³/mol. The average molecular weight is 474 g/mol. The van der Waals surface area contributed by atoms with Crippen LogP contribution in [-0.2, 0) is 29.5 Å². The number of ether oxygens (including phenoxy) is 1. The molecule has 0 saturated heterocycles. The minimum atomic E-state index is -4.37. The van der Waals surface area contributed by atoms with Crippen LogP contribution in [0.4, 0.5) is 19.0 Å². The van der Waals surface area contributed by atoms with Crippen molar-refractivity contribution in [2.24, 2.45) is 12.2 Å². The Labute approximate surface area is 195 Å². The number of nitrogens with zero attached hydrogens (tertiary/aromatic N) is 3. The van der Waals surface area contributed by atoms with Crippen LogP contribution in [0.25, 0.3) is 0 Å². The second-order valence-electron chi connectivity index (χ2n) is 7.52. The van der Waals surface area contributed by atoms with Crippen LogP contribution in [0.15, 0.2) is 59.8 Å². The van der Waals surface area contributed by atoms with E-state index in [-0.39, 0.29) is 19.1 Å². The smallest absolute Gasteiger partial charge is 0.416 e. The number of anilines is 1. The minimum Gasteiger partial charge on any atom is -0.484 e. The third-order valence-electron chi connectivity index (χ3n) is 4.85. The van der Waals surface area contributed by atoms with Crippen LogP contribution in [0.3, 0.4) is 0 Å². The van der Waals surface area contributed by atoms with E-state index in [2.05, 4.69) is 15.6 Å². The zero-order valence-corrected chi connectivity index (χ0v) is 19.0. The minimum absolute atomic E-state index is 0.0497. The summed E-state index contributed by atoms with van der Waals surface area (Å²) >= 11 is 0. The van der Waals surface area contributed by atoms with E-state index < -0.39 is 11.7 Å². The molecule has 0 atom stereocenters. The third kappa shape index (κ3) is 6.84. The Balaban J connectivity index is 1.52. The van der Waals surface area contributed by atoms with E-state index in [1.807, 2.05) is 13.8 Å². The standard InChI is InChI=1S/C24H25F3N4O3/c1-4-21(30-34-14-17-5-9-19(10-6-17)24(25,26)27)18-7-11-20(12-8-18)33-15-23(32)28-22-13-16(2)29-31(22)3/h5-13H,4,14-15H2,1-3H3,(H,28,32)/b30-21+. The van der Waals surface area contributed by atoms with Crippen LogP contribution < -0.4 is 10.1 Å². The molecule has 1 heterocycles. The van der Waals surface area contributed by atoms with Gasteiger partial charge < -0.3 is 14.9 Å². The summed E-state index contributed by atoms with van der Waals surface area (Å²) in [6.07, 6.45) is -3.79. The quantitative estimate of drug-likeness (QED) is 0.346. The van der Waals surface area contributed by atoms with E-state index in [0.29, 0.717) is 29.3 Å². The first kappa shape index (κ1) is 24.8. The largest absolute Gasteiger partial charge is 0.484 e. The molecule has 1 N–H and O–H groups in total. The molecule has 0 fully saturated rings. The van der Waals surface area contributed by atoms with E-state index >= 15 is 0 Å². The number of aryl methyl sites for hydroxylation is 2. The van der Waals surface area contributed by atoms with E-state index in [9.17, 15) is 18.0 Å². The summed E-state index contributed by atoms with van der Waals surface area (Å²) in [5.41, 5.74) is 2.14. The van der Waals surface area contributed by atoms with Gasteiger partial charge in [-0.25, -0.2) is 0 Å². The van der Waals surface area contributed by atoms with Crippen molar-refractivity contribution >= 4 is 17.4 Å². The van der Waals surface area contributed by atoms with Crippen LogP contribution in [0, 0.1) is 6.92 Å². The van der Waals surface area contributed by atoms with Gasteiger partial charge in [0.15, 0.2) is 6.61 Å². The molecule has 0 spiro atoms. The van der Waals surface area contributed by atoms with E-state index in [1.54, 1.807) is 42.1 Å². The summed E-state index contributed by atoms with van der Waals surface area (Å²) in [7, 11) is 1.74. The highest BCUT2D eigenvalue weighted by atomic mass is 19.4. The zero-order valence-electron chi connectivity index (χ0n) is 19.0. The number of aromatic nitrogens is 2. The second kappa shape index (κ2) is 10.9. The number of rotatable bonds is 9. The first-order valence-electron chi connectivity index (χ1n) is 10.5. The number of hydrogen-bond donors (Lipinski definition) is 1. The van der Waals surface area contributed by atoms with E-state index in [4.69, 9.17) is 9.57 Å². The molecule has 3 rings (SSSR count). The van der Waals surface area contributed by atoms with Gasteiger partial charge in [0.25, 0.3) is 5.91 Å². The molecular formula is C24H25F3N4O3. The van der Waals surface area contributed by atoms with Crippen molar-refractivity contribution in [3.05, 3.63) is 77.0 Å². The number of amides is 1. The monoisotopic (exact) mass is 474 g/mol. The maximum atomic E-state index is 12.6. The number of halogens is 3. The lowest BCUT2D eigenvalue weighted by Gasteiger charge is -2.09. The summed E-state index contributed by atoms with van der Waals surface area (Å²) in [5, 5.41) is 11.0. The lowest BCUT2D eigenvalue weighted by atomic mass is 10.1. The lowest BCUT2D eigenvalue weighted by Crippen LogP contribution is -2.21. The lowest BCUT2D eigenvalue weighted by molar-refractivity contribution is -0.137. The summed E-state index contributed by atoms with van der Waals surface area (Å²) < 4.78 is 45.0. The molecule has 0 aliphatic carbocycles. The summed E-state index contributed by atoms with van der Waals surface area (Å²) in [6.45, 7) is 3.64. The fourth-order valence-electron chi connectivity index (χ4n) is 3.10. The Morgan fingerprint density at radius 1 is 1.12 bits per heavy atom. The van der Waals surface area contributed by atoms with E-state index in [0.717, 1.165) is 23.4 Å². The van der Waals surface area contributed by atoms with Crippen LogP contribution in [0.2, 0.25) is 0 Å². The number of oxime groups is 1. The molecule has 2 aromatic carbocycles. The molecule has 7 nitrogen and oxygen atoms in total. The van der Waals surface area contributed by atoms with Gasteiger partial charge in [-0.05, 0) is 60.9 Å². The van der Waals surface area contributed by atoms with Crippen molar-refractivity contribution in [3.63, 3.8) is 0 Å². The molecule has 34 heavy (non-hydrogen) atoms. The Kier molecular flexibility index (Phi) is 7.93. The van der Waals surface area contributed by atoms with Gasteiger partial charge in [-0.15, -0.1) is 0 Å². The van der Waals surface area contributed by atoms with Gasteiger partial charge in [0.2, 0.25) is 0 Å². The normalized spacial score (nSPS) is 11.9. The van der Waals surface area contributed by atoms with Crippen molar-refractivity contribution < 1.29 is 27.5 Å². The first-order valence-corrected chi connectivity index (χ1v) is 10.5. The predicted octanol–water partition coefficient (Wildman–Crippen LogP) is 5.10. The molecule has 0 saturated carbocycles. The van der Waals surface area contributed by atoms with Crippen LogP contribution >= 0.6 is 0 Å². The SMILES string of the molecule is CC/C(=N\OCc1ccc(C(F)(F)F)cc1)c1ccc(OCC(=O)Nc2cc(C)nn2C)cc1. The van der Waals surface area contributed by atoms with Crippen molar-refractivity contribution in [1.29, 1.82) is 0 Å². The Hall–Kier alpha value is -3.82. The van der Waals surface area contributed by atoms with Crippen molar-refractivity contribution in [2.45, 2.75) is 33.1 Å². The molecule has 1 aromatic heterocycles. The molecule has 10 heteroatoms. The highest BCUT2D eigenvalue weighted by molar-refractivity contribution is 6.00. The number of alkyl halides is 3. The maximum absolute atomic E-state index is 12.6. The highest BCUT2D eigenvalue weighted by Crippen LogP contribution is 2.29. The highest BCUT2D eigenvalue weighted by Gasteiger charge is 2.29. The fourth-order valence-corrected chi connectivity index (χ4v) is 3.10. The number of benzene rings is 2. The number of carbonyl (C=O) groups excluding carboxylic acids is 1.